The van der Waals surface area contributed by atoms with Crippen LogP contribution in [0.3, 0.4) is 0 Å². The predicted octanol–water partition coefficient (Wildman–Crippen LogP) is 3.23. The fourth-order valence-corrected chi connectivity index (χ4v) is 4.18. The Morgan fingerprint density at radius 2 is 2.06 bits per heavy atom. The van der Waals surface area contributed by atoms with E-state index >= 15 is 0 Å². The van der Waals surface area contributed by atoms with Crippen LogP contribution in [0.5, 0.6) is 0 Å². The van der Waals surface area contributed by atoms with Gasteiger partial charge in [-0.3, -0.25) is 9.78 Å². The number of amides is 1. The second-order valence-corrected chi connectivity index (χ2v) is 7.70. The maximum Gasteiger partial charge on any atom is 0.312 e. The zero-order valence-corrected chi connectivity index (χ0v) is 17.5. The molecule has 5 aromatic rings. The molecule has 0 fully saturated rings. The van der Waals surface area contributed by atoms with Crippen LogP contribution in [-0.2, 0) is 6.42 Å². The van der Waals surface area contributed by atoms with Gasteiger partial charge in [-0.25, -0.2) is 18.3 Å². The van der Waals surface area contributed by atoms with E-state index in [9.17, 15) is 13.6 Å². The average molecular weight is 462 g/mol. The van der Waals surface area contributed by atoms with Gasteiger partial charge in [0.1, 0.15) is 17.4 Å². The van der Waals surface area contributed by atoms with Crippen molar-refractivity contribution in [2.24, 2.45) is 0 Å². The van der Waals surface area contributed by atoms with E-state index in [4.69, 9.17) is 4.42 Å². The molecule has 170 valence electrons. The molecule has 6 rings (SSSR count). The molecule has 0 spiro atoms. The summed E-state index contributed by atoms with van der Waals surface area (Å²) in [5.74, 6) is -0.603. The second kappa shape index (κ2) is 7.83. The largest absolute Gasteiger partial charge is 0.411 e. The van der Waals surface area contributed by atoms with Crippen LogP contribution in [0.4, 0.5) is 8.78 Å². The summed E-state index contributed by atoms with van der Waals surface area (Å²) in [5, 5.41) is 12.3. The van der Waals surface area contributed by atoms with Crippen LogP contribution in [0.2, 0.25) is 0 Å². The Hall–Kier alpha value is -4.48. The van der Waals surface area contributed by atoms with Gasteiger partial charge in [0.25, 0.3) is 12.3 Å². The van der Waals surface area contributed by atoms with Gasteiger partial charge in [0.15, 0.2) is 0 Å². The number of fused-ring (bicyclic) bond motifs is 2. The Bertz CT molecular complexity index is 1490. The highest BCUT2D eigenvalue weighted by molar-refractivity contribution is 5.90. The Kier molecular flexibility index (Phi) is 4.64. The first-order valence-corrected chi connectivity index (χ1v) is 10.4. The van der Waals surface area contributed by atoms with Gasteiger partial charge in [-0.15, -0.1) is 10.2 Å². The number of rotatable bonds is 4. The minimum absolute atomic E-state index is 0.118. The molecule has 1 aliphatic heterocycles. The fourth-order valence-electron chi connectivity index (χ4n) is 4.18. The topological polar surface area (TPSA) is 118 Å². The van der Waals surface area contributed by atoms with Crippen LogP contribution in [0.25, 0.3) is 17.1 Å². The minimum atomic E-state index is -2.70. The molecular weight excluding hydrogens is 446 g/mol. The van der Waals surface area contributed by atoms with Gasteiger partial charge in [-0.2, -0.15) is 5.10 Å². The Labute approximate surface area is 190 Å². The van der Waals surface area contributed by atoms with E-state index < -0.39 is 18.4 Å². The number of hydrogen-bond acceptors (Lipinski definition) is 7. The molecule has 1 aliphatic rings. The molecule has 0 radical (unpaired) electrons. The fraction of sp³-hybridized carbons (Fsp3) is 0.182. The van der Waals surface area contributed by atoms with Crippen molar-refractivity contribution in [1.82, 2.24) is 39.7 Å². The summed E-state index contributed by atoms with van der Waals surface area (Å²) in [7, 11) is 0. The molecule has 34 heavy (non-hydrogen) atoms. The van der Waals surface area contributed by atoms with E-state index in [1.165, 1.54) is 21.8 Å². The van der Waals surface area contributed by atoms with Crippen LogP contribution in [0, 0.1) is 0 Å². The van der Waals surface area contributed by atoms with E-state index in [0.29, 0.717) is 35.6 Å². The highest BCUT2D eigenvalue weighted by Crippen LogP contribution is 2.35. The van der Waals surface area contributed by atoms with Crippen LogP contribution >= 0.6 is 0 Å². The third-order valence-electron chi connectivity index (χ3n) is 5.72. The standard InChI is InChI=1S/C22H16F2N8O2/c23-19(24)16-6-3-4-12-10-15(30-32(12)16)18-17-13(26-11-27-17)7-9-31(18)22(33)21-29-28-20(34-21)14-5-1-2-8-25-14/h1-6,8,10-11,18-19H,7,9H2,(H,26,27)/t18-/m0/s1. The summed E-state index contributed by atoms with van der Waals surface area (Å²) in [4.78, 5) is 26.6. The normalized spacial score (nSPS) is 15.7. The van der Waals surface area contributed by atoms with Crippen molar-refractivity contribution in [3.8, 4) is 11.6 Å². The molecule has 0 aromatic carbocycles. The number of carbonyl (C=O) groups is 1. The maximum atomic E-state index is 13.5. The lowest BCUT2D eigenvalue weighted by Gasteiger charge is -2.32. The van der Waals surface area contributed by atoms with Gasteiger partial charge in [0.2, 0.25) is 0 Å². The highest BCUT2D eigenvalue weighted by atomic mass is 19.3. The number of nitrogens with one attached hydrogen (secondary N) is 1. The van der Waals surface area contributed by atoms with Crippen LogP contribution < -0.4 is 0 Å². The lowest BCUT2D eigenvalue weighted by atomic mass is 9.99. The summed E-state index contributed by atoms with van der Waals surface area (Å²) in [6, 6.07) is 10.7. The summed E-state index contributed by atoms with van der Waals surface area (Å²) in [5.41, 5.74) is 2.53. The zero-order chi connectivity index (χ0) is 23.2. The number of pyridine rings is 2. The number of alkyl halides is 2. The quantitative estimate of drug-likeness (QED) is 0.436. The van der Waals surface area contributed by atoms with Gasteiger partial charge in [-0.05, 0) is 30.3 Å². The molecule has 0 bridgehead atoms. The van der Waals surface area contributed by atoms with Crippen molar-refractivity contribution in [3.63, 3.8) is 0 Å². The molecule has 1 amide bonds. The number of aromatic nitrogens is 7. The van der Waals surface area contributed by atoms with Crippen molar-refractivity contribution >= 4 is 11.4 Å². The van der Waals surface area contributed by atoms with Crippen molar-refractivity contribution in [2.45, 2.75) is 18.9 Å². The molecule has 0 saturated heterocycles. The lowest BCUT2D eigenvalue weighted by Crippen LogP contribution is -2.41. The lowest BCUT2D eigenvalue weighted by molar-refractivity contribution is 0.0646. The Balaban J connectivity index is 1.42. The third kappa shape index (κ3) is 3.22. The van der Waals surface area contributed by atoms with Gasteiger partial charge in [0.05, 0.1) is 23.2 Å². The summed E-state index contributed by atoms with van der Waals surface area (Å²) in [6.07, 6.45) is 0.939. The SMILES string of the molecule is O=C(c1nnc(-c2ccccn2)o1)N1CCc2[nH]cnc2[C@@H]1c1cc2cccc(C(F)F)n2n1. The molecule has 10 nitrogen and oxygen atoms in total. The molecular formula is C22H16F2N8O2. The number of nitrogens with zero attached hydrogens (tertiary/aromatic N) is 7. The molecule has 1 atom stereocenters. The highest BCUT2D eigenvalue weighted by Gasteiger charge is 2.38. The molecule has 6 heterocycles. The smallest absolute Gasteiger partial charge is 0.312 e. The second-order valence-electron chi connectivity index (χ2n) is 7.70. The first-order chi connectivity index (χ1) is 16.6. The Morgan fingerprint density at radius 3 is 2.88 bits per heavy atom. The van der Waals surface area contributed by atoms with Gasteiger partial charge < -0.3 is 14.3 Å². The van der Waals surface area contributed by atoms with Gasteiger partial charge >= 0.3 is 11.8 Å². The first kappa shape index (κ1) is 20.1. The molecule has 0 saturated carbocycles. The monoisotopic (exact) mass is 462 g/mol. The van der Waals surface area contributed by atoms with Crippen molar-refractivity contribution in [1.29, 1.82) is 0 Å². The van der Waals surface area contributed by atoms with Crippen molar-refractivity contribution in [2.75, 3.05) is 6.54 Å². The molecule has 12 heteroatoms. The third-order valence-corrected chi connectivity index (χ3v) is 5.72. The number of aromatic amines is 1. The summed E-state index contributed by atoms with van der Waals surface area (Å²) in [6.45, 7) is 0.315. The van der Waals surface area contributed by atoms with Crippen LogP contribution in [0.15, 0.2) is 59.4 Å². The Morgan fingerprint density at radius 1 is 1.15 bits per heavy atom. The number of H-pyrrole nitrogens is 1. The molecule has 0 unspecified atom stereocenters. The summed E-state index contributed by atoms with van der Waals surface area (Å²) >= 11 is 0. The first-order valence-electron chi connectivity index (χ1n) is 10.4. The van der Waals surface area contributed by atoms with E-state index in [1.807, 2.05) is 0 Å². The number of halogens is 2. The number of carbonyl (C=O) groups excluding carboxylic acids is 1. The van der Waals surface area contributed by atoms with E-state index in [-0.39, 0.29) is 17.5 Å². The van der Waals surface area contributed by atoms with Crippen molar-refractivity contribution < 1.29 is 18.0 Å². The minimum Gasteiger partial charge on any atom is -0.411 e. The average Bonchev–Trinajstić information content (AvgIpc) is 3.62. The van der Waals surface area contributed by atoms with E-state index in [2.05, 4.69) is 30.2 Å². The molecule has 0 aliphatic carbocycles. The molecule has 1 N–H and O–H groups in total. The van der Waals surface area contributed by atoms with Crippen LogP contribution in [-0.4, -0.2) is 52.1 Å². The zero-order valence-electron chi connectivity index (χ0n) is 17.5. The van der Waals surface area contributed by atoms with Gasteiger partial charge in [0, 0.05) is 24.9 Å². The predicted molar refractivity (Wildman–Crippen MR) is 113 cm³/mol. The number of imidazole rings is 1. The maximum absolute atomic E-state index is 13.5. The van der Waals surface area contributed by atoms with E-state index in [1.54, 1.807) is 42.6 Å². The number of hydrogen-bond donors (Lipinski definition) is 1. The van der Waals surface area contributed by atoms with Gasteiger partial charge in [-0.1, -0.05) is 12.1 Å². The van der Waals surface area contributed by atoms with Crippen LogP contribution in [0.1, 0.15) is 45.9 Å². The summed E-state index contributed by atoms with van der Waals surface area (Å²) < 4.78 is 33.9. The van der Waals surface area contributed by atoms with Crippen molar-refractivity contribution in [3.05, 3.63) is 83.7 Å². The molecule has 5 aromatic heterocycles. The van der Waals surface area contributed by atoms with E-state index in [0.717, 1.165) is 5.69 Å².